The maximum Gasteiger partial charge on any atom is 0.320 e. The number of carbonyl (C=O) groups excluding carboxylic acids is 1. The quantitative estimate of drug-likeness (QED) is 0.661. The van der Waals surface area contributed by atoms with Crippen LogP contribution in [0.3, 0.4) is 0 Å². The summed E-state index contributed by atoms with van der Waals surface area (Å²) in [6.45, 7) is 2.54. The number of hydrogen-bond acceptors (Lipinski definition) is 4. The highest BCUT2D eigenvalue weighted by Gasteiger charge is 2.16. The summed E-state index contributed by atoms with van der Waals surface area (Å²) in [7, 11) is 1.38. The Labute approximate surface area is 104 Å². The van der Waals surface area contributed by atoms with Gasteiger partial charge in [-0.1, -0.05) is 22.0 Å². The fraction of sp³-hybridized carbons (Fsp3) is 0.455. The zero-order chi connectivity index (χ0) is 12.0. The molecule has 0 aliphatic heterocycles. The van der Waals surface area contributed by atoms with Crippen LogP contribution in [0.2, 0.25) is 0 Å². The maximum absolute atomic E-state index is 11.1. The van der Waals surface area contributed by atoms with Crippen molar-refractivity contribution in [3.05, 3.63) is 30.1 Å². The van der Waals surface area contributed by atoms with Crippen molar-refractivity contribution in [1.82, 2.24) is 10.3 Å². The number of nitrogens with zero attached hydrogens (tertiary/aromatic N) is 1. The first-order chi connectivity index (χ1) is 7.65. The first-order valence-electron chi connectivity index (χ1n) is 5.00. The molecule has 0 spiro atoms. The highest BCUT2D eigenvalue weighted by atomic mass is 79.9. The molecule has 1 rings (SSSR count). The van der Waals surface area contributed by atoms with E-state index >= 15 is 0 Å². The van der Waals surface area contributed by atoms with Crippen molar-refractivity contribution in [2.45, 2.75) is 17.8 Å². The van der Waals surface area contributed by atoms with E-state index in [1.165, 1.54) is 7.11 Å². The van der Waals surface area contributed by atoms with Crippen molar-refractivity contribution in [1.29, 1.82) is 0 Å². The minimum Gasteiger partial charge on any atom is -0.468 e. The van der Waals surface area contributed by atoms with Crippen molar-refractivity contribution < 1.29 is 9.53 Å². The zero-order valence-electron chi connectivity index (χ0n) is 9.31. The van der Waals surface area contributed by atoms with Gasteiger partial charge in [0.15, 0.2) is 0 Å². The Bertz CT molecular complexity index is 332. The van der Waals surface area contributed by atoms with E-state index in [2.05, 4.69) is 31.0 Å². The van der Waals surface area contributed by atoms with Gasteiger partial charge in [-0.2, -0.15) is 0 Å². The lowest BCUT2D eigenvalue weighted by molar-refractivity contribution is -0.139. The molecule has 1 heterocycles. The van der Waals surface area contributed by atoms with Gasteiger partial charge in [-0.05, 0) is 18.6 Å². The first kappa shape index (κ1) is 13.1. The van der Waals surface area contributed by atoms with Crippen LogP contribution in [0.4, 0.5) is 0 Å². The third kappa shape index (κ3) is 3.90. The van der Waals surface area contributed by atoms with E-state index in [0.717, 1.165) is 5.56 Å². The summed E-state index contributed by atoms with van der Waals surface area (Å²) in [4.78, 5) is 14.9. The number of alkyl halides is 1. The van der Waals surface area contributed by atoms with Gasteiger partial charge in [0.05, 0.1) is 7.11 Å². The third-order valence-electron chi connectivity index (χ3n) is 2.24. The molecule has 0 radical (unpaired) electrons. The van der Waals surface area contributed by atoms with Crippen molar-refractivity contribution in [3.8, 4) is 0 Å². The Balaban J connectivity index is 2.41. The Morgan fingerprint density at radius 3 is 3.00 bits per heavy atom. The van der Waals surface area contributed by atoms with E-state index < -0.39 is 0 Å². The number of aromatic nitrogens is 1. The van der Waals surface area contributed by atoms with Crippen LogP contribution in [0, 0.1) is 0 Å². The number of nitrogens with one attached hydrogen (secondary N) is 1. The van der Waals surface area contributed by atoms with Crippen LogP contribution < -0.4 is 5.32 Å². The molecule has 16 heavy (non-hydrogen) atoms. The lowest BCUT2D eigenvalue weighted by Gasteiger charge is -2.15. The second-order valence-corrected chi connectivity index (χ2v) is 4.51. The second kappa shape index (κ2) is 6.60. The monoisotopic (exact) mass is 286 g/mol. The number of hydrogen-bond donors (Lipinski definition) is 1. The number of ether oxygens (including phenoxy) is 1. The topological polar surface area (TPSA) is 51.2 Å². The molecule has 88 valence electrons. The normalized spacial score (nSPS) is 14.2. The SMILES string of the molecule is COC(=O)C(Br)CN[C@H](C)c1cccnc1. The van der Waals surface area contributed by atoms with Crippen LogP contribution in [-0.4, -0.2) is 29.4 Å². The predicted molar refractivity (Wildman–Crippen MR) is 65.4 cm³/mol. The molecule has 0 fully saturated rings. The molecule has 0 bridgehead atoms. The summed E-state index contributed by atoms with van der Waals surface area (Å²) >= 11 is 3.25. The Morgan fingerprint density at radius 2 is 2.44 bits per heavy atom. The number of esters is 1. The zero-order valence-corrected chi connectivity index (χ0v) is 10.9. The molecule has 1 aromatic heterocycles. The lowest BCUT2D eigenvalue weighted by Crippen LogP contribution is -2.31. The fourth-order valence-electron chi connectivity index (χ4n) is 1.24. The van der Waals surface area contributed by atoms with E-state index in [4.69, 9.17) is 0 Å². The summed E-state index contributed by atoms with van der Waals surface area (Å²) in [6, 6.07) is 4.03. The number of carbonyl (C=O) groups is 1. The first-order valence-corrected chi connectivity index (χ1v) is 5.92. The average molecular weight is 287 g/mol. The lowest BCUT2D eigenvalue weighted by atomic mass is 10.1. The van der Waals surface area contributed by atoms with Crippen molar-refractivity contribution in [2.75, 3.05) is 13.7 Å². The van der Waals surface area contributed by atoms with Gasteiger partial charge in [0.2, 0.25) is 0 Å². The molecule has 0 saturated heterocycles. The predicted octanol–water partition coefficient (Wildman–Crippen LogP) is 1.67. The minimum absolute atomic E-state index is 0.151. The van der Waals surface area contributed by atoms with E-state index in [1.54, 1.807) is 12.4 Å². The van der Waals surface area contributed by atoms with Gasteiger partial charge in [0.25, 0.3) is 0 Å². The van der Waals surface area contributed by atoms with Gasteiger partial charge in [0, 0.05) is 25.0 Å². The molecule has 0 aliphatic rings. The molecule has 0 aliphatic carbocycles. The summed E-state index contributed by atoms with van der Waals surface area (Å²) in [5.74, 6) is -0.272. The summed E-state index contributed by atoms with van der Waals surface area (Å²) < 4.78 is 4.61. The summed E-state index contributed by atoms with van der Waals surface area (Å²) in [5.41, 5.74) is 1.09. The molecule has 0 amide bonds. The largest absolute Gasteiger partial charge is 0.468 e. The highest BCUT2D eigenvalue weighted by Crippen LogP contribution is 2.10. The molecule has 1 aromatic rings. The van der Waals surface area contributed by atoms with E-state index in [0.29, 0.717) is 6.54 Å². The number of pyridine rings is 1. The molecule has 2 atom stereocenters. The standard InChI is InChI=1S/C11H15BrN2O2/c1-8(9-4-3-5-13-6-9)14-7-10(12)11(15)16-2/h3-6,8,10,14H,7H2,1-2H3/t8-,10?/m1/s1. The van der Waals surface area contributed by atoms with Crippen molar-refractivity contribution in [3.63, 3.8) is 0 Å². The number of halogens is 1. The molecular weight excluding hydrogens is 272 g/mol. The average Bonchev–Trinajstić information content (AvgIpc) is 2.35. The van der Waals surface area contributed by atoms with E-state index in [-0.39, 0.29) is 16.8 Å². The smallest absolute Gasteiger partial charge is 0.320 e. The van der Waals surface area contributed by atoms with Crippen LogP contribution in [-0.2, 0) is 9.53 Å². The van der Waals surface area contributed by atoms with Crippen LogP contribution in [0.25, 0.3) is 0 Å². The van der Waals surface area contributed by atoms with Gasteiger partial charge in [-0.3, -0.25) is 9.78 Å². The maximum atomic E-state index is 11.1. The van der Waals surface area contributed by atoms with E-state index in [9.17, 15) is 4.79 Å². The minimum atomic E-state index is -0.323. The molecule has 1 unspecified atom stereocenters. The summed E-state index contributed by atoms with van der Waals surface area (Å²) in [5, 5.41) is 3.23. The van der Waals surface area contributed by atoms with Crippen LogP contribution >= 0.6 is 15.9 Å². The van der Waals surface area contributed by atoms with Gasteiger partial charge in [-0.15, -0.1) is 0 Å². The molecular formula is C11H15BrN2O2. The fourth-order valence-corrected chi connectivity index (χ4v) is 1.62. The third-order valence-corrected chi connectivity index (χ3v) is 2.94. The Kier molecular flexibility index (Phi) is 5.42. The summed E-state index contributed by atoms with van der Waals surface area (Å²) in [6.07, 6.45) is 3.54. The van der Waals surface area contributed by atoms with Crippen LogP contribution in [0.15, 0.2) is 24.5 Å². The van der Waals surface area contributed by atoms with Gasteiger partial charge in [0.1, 0.15) is 4.83 Å². The molecule has 4 nitrogen and oxygen atoms in total. The number of rotatable bonds is 5. The highest BCUT2D eigenvalue weighted by molar-refractivity contribution is 9.10. The van der Waals surface area contributed by atoms with Crippen LogP contribution in [0.5, 0.6) is 0 Å². The second-order valence-electron chi connectivity index (χ2n) is 3.41. The van der Waals surface area contributed by atoms with Gasteiger partial charge in [-0.25, -0.2) is 0 Å². The van der Waals surface area contributed by atoms with Gasteiger partial charge < -0.3 is 10.1 Å². The van der Waals surface area contributed by atoms with E-state index in [1.807, 2.05) is 19.1 Å². The van der Waals surface area contributed by atoms with Gasteiger partial charge >= 0.3 is 5.97 Å². The Hall–Kier alpha value is -0.940. The molecule has 1 N–H and O–H groups in total. The van der Waals surface area contributed by atoms with Crippen molar-refractivity contribution >= 4 is 21.9 Å². The number of methoxy groups -OCH3 is 1. The molecule has 0 saturated carbocycles. The Morgan fingerprint density at radius 1 is 1.69 bits per heavy atom. The molecule has 5 heteroatoms. The van der Waals surface area contributed by atoms with Crippen molar-refractivity contribution in [2.24, 2.45) is 0 Å². The van der Waals surface area contributed by atoms with Crippen LogP contribution in [0.1, 0.15) is 18.5 Å². The molecule has 0 aromatic carbocycles.